The van der Waals surface area contributed by atoms with Crippen molar-refractivity contribution in [3.05, 3.63) is 63.2 Å². The van der Waals surface area contributed by atoms with Crippen LogP contribution in [0, 0.1) is 0 Å². The van der Waals surface area contributed by atoms with Crippen LogP contribution in [0.25, 0.3) is 11.1 Å². The van der Waals surface area contributed by atoms with Crippen LogP contribution in [0.5, 0.6) is 5.75 Å². The van der Waals surface area contributed by atoms with Gasteiger partial charge in [0.25, 0.3) is 0 Å². The lowest BCUT2D eigenvalue weighted by Gasteiger charge is -1.99. The molecule has 0 bridgehead atoms. The van der Waals surface area contributed by atoms with Crippen molar-refractivity contribution >= 4 is 15.9 Å². The minimum atomic E-state index is -0.385. The van der Waals surface area contributed by atoms with E-state index in [9.17, 15) is 9.90 Å². The van der Waals surface area contributed by atoms with E-state index >= 15 is 0 Å². The van der Waals surface area contributed by atoms with Gasteiger partial charge < -0.3 is 5.11 Å². The first-order chi connectivity index (χ1) is 7.68. The molecule has 0 saturated carbocycles. The van der Waals surface area contributed by atoms with Crippen molar-refractivity contribution in [2.24, 2.45) is 0 Å². The van der Waals surface area contributed by atoms with Gasteiger partial charge in [0.05, 0.1) is 0 Å². The van der Waals surface area contributed by atoms with Crippen molar-refractivity contribution in [3.8, 4) is 16.9 Å². The number of benzene rings is 1. The smallest absolute Gasteiger partial charge is 0.220 e. The zero-order valence-electron chi connectivity index (χ0n) is 8.35. The fraction of sp³-hybridized carbons (Fsp3) is 0. The molecule has 2 nitrogen and oxygen atoms in total. The van der Waals surface area contributed by atoms with Gasteiger partial charge in [0.1, 0.15) is 0 Å². The third-order valence-corrected chi connectivity index (χ3v) is 2.95. The van der Waals surface area contributed by atoms with Crippen LogP contribution in [0.2, 0.25) is 0 Å². The van der Waals surface area contributed by atoms with Crippen molar-refractivity contribution in [2.75, 3.05) is 0 Å². The number of hydrogen-bond donors (Lipinski definition) is 1. The third kappa shape index (κ3) is 2.14. The molecule has 2 aromatic rings. The van der Waals surface area contributed by atoms with Crippen LogP contribution in [0.15, 0.2) is 57.8 Å². The maximum atomic E-state index is 11.5. The standard InChI is InChI=1S/C13H9BrO2/c14-11-6-7-12(15)13(16)8-10(11)9-4-2-1-3-5-9/h1-8H,(H,15,16). The Morgan fingerprint density at radius 1 is 1.00 bits per heavy atom. The van der Waals surface area contributed by atoms with Crippen molar-refractivity contribution < 1.29 is 5.11 Å². The van der Waals surface area contributed by atoms with Gasteiger partial charge in [0.15, 0.2) is 5.75 Å². The summed E-state index contributed by atoms with van der Waals surface area (Å²) in [6.07, 6.45) is 0. The van der Waals surface area contributed by atoms with Crippen molar-refractivity contribution in [1.29, 1.82) is 0 Å². The van der Waals surface area contributed by atoms with E-state index in [1.54, 1.807) is 6.07 Å². The van der Waals surface area contributed by atoms with E-state index in [2.05, 4.69) is 15.9 Å². The predicted octanol–water partition coefficient (Wildman–Crippen LogP) is 3.18. The predicted molar refractivity (Wildman–Crippen MR) is 67.5 cm³/mol. The summed E-state index contributed by atoms with van der Waals surface area (Å²) in [5.41, 5.74) is 1.32. The van der Waals surface area contributed by atoms with Crippen LogP contribution >= 0.6 is 15.9 Å². The molecule has 3 heteroatoms. The number of aromatic hydroxyl groups is 1. The molecule has 0 unspecified atom stereocenters. The Labute approximate surface area is 101 Å². The minimum absolute atomic E-state index is 0.247. The highest BCUT2D eigenvalue weighted by Crippen LogP contribution is 2.26. The first kappa shape index (κ1) is 10.9. The van der Waals surface area contributed by atoms with Crippen LogP contribution < -0.4 is 5.43 Å². The van der Waals surface area contributed by atoms with Gasteiger partial charge in [-0.05, 0) is 29.3 Å². The highest BCUT2D eigenvalue weighted by Gasteiger charge is 2.03. The fourth-order valence-corrected chi connectivity index (χ4v) is 1.91. The largest absolute Gasteiger partial charge is 0.504 e. The van der Waals surface area contributed by atoms with E-state index in [1.165, 1.54) is 12.1 Å². The van der Waals surface area contributed by atoms with Gasteiger partial charge in [0.2, 0.25) is 5.43 Å². The maximum absolute atomic E-state index is 11.5. The second-order valence-electron chi connectivity index (χ2n) is 3.35. The molecule has 0 aliphatic carbocycles. The normalized spacial score (nSPS) is 10.1. The second-order valence-corrected chi connectivity index (χ2v) is 4.21. The molecular formula is C13H9BrO2. The molecule has 0 radical (unpaired) electrons. The summed E-state index contributed by atoms with van der Waals surface area (Å²) in [7, 11) is 0. The SMILES string of the molecule is O=c1cc(-c2ccccc2)c(Br)ccc1O. The monoisotopic (exact) mass is 276 g/mol. The fourth-order valence-electron chi connectivity index (χ4n) is 1.44. The molecule has 0 aromatic heterocycles. The van der Waals surface area contributed by atoms with E-state index in [0.717, 1.165) is 15.6 Å². The lowest BCUT2D eigenvalue weighted by Crippen LogP contribution is -1.93. The van der Waals surface area contributed by atoms with Gasteiger partial charge in [-0.2, -0.15) is 0 Å². The average molecular weight is 277 g/mol. The number of halogens is 1. The summed E-state index contributed by atoms with van der Waals surface area (Å²) in [4.78, 5) is 11.5. The summed E-state index contributed by atoms with van der Waals surface area (Å²) < 4.78 is 0.774. The summed E-state index contributed by atoms with van der Waals surface area (Å²) >= 11 is 3.38. The van der Waals surface area contributed by atoms with Gasteiger partial charge in [-0.3, -0.25) is 4.79 Å². The molecular weight excluding hydrogens is 268 g/mol. The zero-order chi connectivity index (χ0) is 11.5. The summed E-state index contributed by atoms with van der Waals surface area (Å²) in [6, 6.07) is 14.0. The quantitative estimate of drug-likeness (QED) is 0.869. The molecule has 2 aromatic carbocycles. The summed E-state index contributed by atoms with van der Waals surface area (Å²) in [6.45, 7) is 0. The van der Waals surface area contributed by atoms with Gasteiger partial charge in [-0.1, -0.05) is 46.3 Å². The van der Waals surface area contributed by atoms with E-state index in [0.29, 0.717) is 0 Å². The first-order valence-electron chi connectivity index (χ1n) is 4.77. The summed E-state index contributed by atoms with van der Waals surface area (Å²) in [5.74, 6) is -0.247. The molecule has 0 aliphatic rings. The van der Waals surface area contributed by atoms with Crippen molar-refractivity contribution in [2.45, 2.75) is 0 Å². The lowest BCUT2D eigenvalue weighted by molar-refractivity contribution is 0.471. The Morgan fingerprint density at radius 2 is 1.69 bits per heavy atom. The van der Waals surface area contributed by atoms with Crippen molar-refractivity contribution in [3.63, 3.8) is 0 Å². The Hall–Kier alpha value is -1.61. The van der Waals surface area contributed by atoms with Crippen LogP contribution in [0.4, 0.5) is 0 Å². The molecule has 0 amide bonds. The number of rotatable bonds is 1. The minimum Gasteiger partial charge on any atom is -0.504 e. The Kier molecular flexibility index (Phi) is 3.06. The molecule has 16 heavy (non-hydrogen) atoms. The molecule has 0 fully saturated rings. The highest BCUT2D eigenvalue weighted by atomic mass is 79.9. The van der Waals surface area contributed by atoms with Gasteiger partial charge >= 0.3 is 0 Å². The van der Waals surface area contributed by atoms with E-state index in [-0.39, 0.29) is 11.2 Å². The maximum Gasteiger partial charge on any atom is 0.220 e. The van der Waals surface area contributed by atoms with Crippen LogP contribution in [-0.2, 0) is 0 Å². The Bertz CT molecular complexity index is 565. The molecule has 0 heterocycles. The van der Waals surface area contributed by atoms with Gasteiger partial charge in [-0.15, -0.1) is 0 Å². The first-order valence-corrected chi connectivity index (χ1v) is 5.56. The Morgan fingerprint density at radius 3 is 2.38 bits per heavy atom. The average Bonchev–Trinajstić information content (AvgIpc) is 2.44. The third-order valence-electron chi connectivity index (χ3n) is 2.26. The second kappa shape index (κ2) is 4.49. The molecule has 0 spiro atoms. The molecule has 2 rings (SSSR count). The highest BCUT2D eigenvalue weighted by molar-refractivity contribution is 9.10. The molecule has 80 valence electrons. The molecule has 0 aliphatic heterocycles. The molecule has 1 N–H and O–H groups in total. The number of hydrogen-bond acceptors (Lipinski definition) is 2. The van der Waals surface area contributed by atoms with Gasteiger partial charge in [-0.25, -0.2) is 0 Å². The van der Waals surface area contributed by atoms with Crippen molar-refractivity contribution in [1.82, 2.24) is 0 Å². The van der Waals surface area contributed by atoms with Gasteiger partial charge in [0, 0.05) is 4.47 Å². The zero-order valence-corrected chi connectivity index (χ0v) is 9.94. The van der Waals surface area contributed by atoms with Crippen LogP contribution in [-0.4, -0.2) is 5.11 Å². The topological polar surface area (TPSA) is 37.3 Å². The summed E-state index contributed by atoms with van der Waals surface area (Å²) in [5, 5.41) is 9.34. The van der Waals surface area contributed by atoms with E-state index < -0.39 is 0 Å². The molecule has 0 saturated heterocycles. The van der Waals surface area contributed by atoms with Crippen LogP contribution in [0.3, 0.4) is 0 Å². The van der Waals surface area contributed by atoms with Crippen LogP contribution in [0.1, 0.15) is 0 Å². The Balaban J connectivity index is 2.72. The lowest BCUT2D eigenvalue weighted by atomic mass is 10.1. The molecule has 0 atom stereocenters. The van der Waals surface area contributed by atoms with E-state index in [4.69, 9.17) is 0 Å². The van der Waals surface area contributed by atoms with E-state index in [1.807, 2.05) is 30.3 Å².